The van der Waals surface area contributed by atoms with Crippen molar-refractivity contribution in [3.05, 3.63) is 72.3 Å². The average Bonchev–Trinajstić information content (AvgIpc) is 3.36. The predicted molar refractivity (Wildman–Crippen MR) is 142 cm³/mol. The highest BCUT2D eigenvalue weighted by molar-refractivity contribution is 6.24. The van der Waals surface area contributed by atoms with E-state index in [1.54, 1.807) is 0 Å². The number of hydrogen-bond donors (Lipinski definition) is 3. The third-order valence-electron chi connectivity index (χ3n) is 8.05. The van der Waals surface area contributed by atoms with Crippen molar-refractivity contribution in [3.8, 4) is 11.1 Å². The lowest BCUT2D eigenvalue weighted by Gasteiger charge is -2.30. The molecule has 2 heterocycles. The van der Waals surface area contributed by atoms with Crippen LogP contribution in [0, 0.1) is 5.92 Å². The van der Waals surface area contributed by atoms with E-state index in [2.05, 4.69) is 22.4 Å². The summed E-state index contributed by atoms with van der Waals surface area (Å²) in [6.07, 6.45) is 0.721. The number of nitrogens with zero attached hydrogens (tertiary/aromatic N) is 2. The molecule has 2 aliphatic heterocycles. The van der Waals surface area contributed by atoms with Crippen LogP contribution in [-0.2, 0) is 24.0 Å². The van der Waals surface area contributed by atoms with E-state index in [4.69, 9.17) is 9.57 Å². The number of rotatable bonds is 7. The van der Waals surface area contributed by atoms with E-state index in [0.29, 0.717) is 5.71 Å². The SMILES string of the molecule is C=C[C@@H]1C[C@]1(NC(=O)[C@@H]1C[C@@H](ON=C2c3ccccc3-c3ccccc32)CN1C(=O)[C@@H]1CCOC(=O)N1)C(=O)O. The van der Waals surface area contributed by atoms with Crippen molar-refractivity contribution in [2.24, 2.45) is 11.1 Å². The van der Waals surface area contributed by atoms with Gasteiger partial charge in [0.15, 0.2) is 0 Å². The minimum atomic E-state index is -1.45. The molecule has 0 spiro atoms. The third-order valence-corrected chi connectivity index (χ3v) is 8.05. The second-order valence-electron chi connectivity index (χ2n) is 10.4. The normalized spacial score (nSPS) is 27.9. The zero-order valence-corrected chi connectivity index (χ0v) is 21.5. The zero-order chi connectivity index (χ0) is 28.0. The standard InChI is InChI=1S/C29H28N4O7/c1-2-16-14-29(16,27(36)37)31-25(34)23-13-17(15-33(23)26(35)22-11-12-39-28(38)30-22)40-32-24-20-9-5-3-7-18(20)19-8-4-6-10-21(19)24/h2-10,16-17,22-23H,1,11-15H2,(H,30,38)(H,31,34)(H,36,37)/t16-,17-,22+,23+,29-/m1/s1. The molecule has 2 aliphatic carbocycles. The summed E-state index contributed by atoms with van der Waals surface area (Å²) in [5.41, 5.74) is 3.12. The van der Waals surface area contributed by atoms with Gasteiger partial charge in [-0.1, -0.05) is 59.8 Å². The van der Waals surface area contributed by atoms with E-state index in [1.165, 1.54) is 11.0 Å². The summed E-state index contributed by atoms with van der Waals surface area (Å²) in [6.45, 7) is 3.77. The fraction of sp³-hybridized carbons (Fsp3) is 0.345. The maximum absolute atomic E-state index is 13.5. The number of likely N-dealkylation sites (tertiary alicyclic amines) is 1. The fourth-order valence-electron chi connectivity index (χ4n) is 5.82. The van der Waals surface area contributed by atoms with Gasteiger partial charge in [0.2, 0.25) is 11.8 Å². The molecule has 6 rings (SSSR count). The van der Waals surface area contributed by atoms with Crippen LogP contribution in [0.25, 0.3) is 11.1 Å². The Labute approximate surface area is 229 Å². The molecule has 2 saturated heterocycles. The van der Waals surface area contributed by atoms with Crippen LogP contribution >= 0.6 is 0 Å². The number of fused-ring (bicyclic) bond motifs is 3. The Hall–Kier alpha value is -4.67. The maximum Gasteiger partial charge on any atom is 0.407 e. The number of alkyl carbamates (subject to hydrolysis) is 1. The highest BCUT2D eigenvalue weighted by Crippen LogP contribution is 2.45. The monoisotopic (exact) mass is 544 g/mol. The lowest BCUT2D eigenvalue weighted by Crippen LogP contribution is -2.57. The van der Waals surface area contributed by atoms with Crippen molar-refractivity contribution in [2.75, 3.05) is 13.2 Å². The molecule has 2 aromatic rings. The van der Waals surface area contributed by atoms with Crippen LogP contribution in [0.5, 0.6) is 0 Å². The smallest absolute Gasteiger partial charge is 0.407 e. The quantitative estimate of drug-likeness (QED) is 0.305. The first-order chi connectivity index (χ1) is 19.3. The molecule has 3 fully saturated rings. The number of amides is 3. The van der Waals surface area contributed by atoms with Gasteiger partial charge in [-0.3, -0.25) is 9.59 Å². The Morgan fingerprint density at radius 1 is 1.12 bits per heavy atom. The predicted octanol–water partition coefficient (Wildman–Crippen LogP) is 2.05. The number of ether oxygens (including phenoxy) is 1. The summed E-state index contributed by atoms with van der Waals surface area (Å²) in [6, 6.07) is 13.8. The molecule has 11 nitrogen and oxygen atoms in total. The van der Waals surface area contributed by atoms with Crippen LogP contribution in [0.4, 0.5) is 4.79 Å². The van der Waals surface area contributed by atoms with Gasteiger partial charge in [0, 0.05) is 29.9 Å². The van der Waals surface area contributed by atoms with Crippen molar-refractivity contribution in [1.82, 2.24) is 15.5 Å². The number of benzene rings is 2. The first-order valence-electron chi connectivity index (χ1n) is 13.2. The van der Waals surface area contributed by atoms with Gasteiger partial charge >= 0.3 is 12.1 Å². The average molecular weight is 545 g/mol. The zero-order valence-electron chi connectivity index (χ0n) is 21.5. The number of carboxylic acid groups (broad SMARTS) is 1. The van der Waals surface area contributed by atoms with Crippen molar-refractivity contribution in [2.45, 2.75) is 43.0 Å². The molecule has 206 valence electrons. The van der Waals surface area contributed by atoms with Crippen LogP contribution in [0.15, 0.2) is 66.3 Å². The molecule has 3 N–H and O–H groups in total. The van der Waals surface area contributed by atoms with Crippen LogP contribution in [-0.4, -0.2) is 76.5 Å². The first-order valence-corrected chi connectivity index (χ1v) is 13.2. The van der Waals surface area contributed by atoms with E-state index in [9.17, 15) is 24.3 Å². The molecule has 0 unspecified atom stereocenters. The van der Waals surface area contributed by atoms with E-state index >= 15 is 0 Å². The number of carboxylic acids is 1. The van der Waals surface area contributed by atoms with Crippen molar-refractivity contribution in [1.29, 1.82) is 0 Å². The Bertz CT molecular complexity index is 1410. The lowest BCUT2D eigenvalue weighted by atomic mass is 10.1. The van der Waals surface area contributed by atoms with Gasteiger partial charge in [-0.15, -0.1) is 6.58 Å². The van der Waals surface area contributed by atoms with Crippen LogP contribution < -0.4 is 10.6 Å². The second kappa shape index (κ2) is 9.82. The molecule has 11 heteroatoms. The summed E-state index contributed by atoms with van der Waals surface area (Å²) in [4.78, 5) is 58.0. The number of carbonyl (C=O) groups is 4. The third kappa shape index (κ3) is 4.27. The molecule has 0 bridgehead atoms. The molecule has 4 aliphatic rings. The van der Waals surface area contributed by atoms with E-state index in [1.807, 2.05) is 48.5 Å². The second-order valence-corrected chi connectivity index (χ2v) is 10.4. The number of nitrogens with one attached hydrogen (secondary N) is 2. The molecule has 1 saturated carbocycles. The summed E-state index contributed by atoms with van der Waals surface area (Å²) in [5.74, 6) is -2.63. The van der Waals surface area contributed by atoms with Crippen molar-refractivity contribution >= 4 is 29.6 Å². The summed E-state index contributed by atoms with van der Waals surface area (Å²) in [5, 5.41) is 19.4. The minimum absolute atomic E-state index is 0.0369. The van der Waals surface area contributed by atoms with Gasteiger partial charge in [-0.05, 0) is 17.5 Å². The van der Waals surface area contributed by atoms with Crippen LogP contribution in [0.2, 0.25) is 0 Å². The number of cyclic esters (lactones) is 1. The minimum Gasteiger partial charge on any atom is -0.479 e. The molecule has 40 heavy (non-hydrogen) atoms. The summed E-state index contributed by atoms with van der Waals surface area (Å²) in [7, 11) is 0. The molecular formula is C29H28N4O7. The molecule has 3 amide bonds. The van der Waals surface area contributed by atoms with Crippen LogP contribution in [0.1, 0.15) is 30.4 Å². The Morgan fingerprint density at radius 2 is 1.77 bits per heavy atom. The van der Waals surface area contributed by atoms with Gasteiger partial charge in [0.05, 0.1) is 13.2 Å². The first kappa shape index (κ1) is 25.6. The molecule has 0 aromatic heterocycles. The molecule has 2 aromatic carbocycles. The summed E-state index contributed by atoms with van der Waals surface area (Å²) >= 11 is 0. The number of aliphatic carboxylic acids is 1. The number of oxime groups is 1. The Balaban J connectivity index is 1.25. The Morgan fingerprint density at radius 3 is 2.35 bits per heavy atom. The fourth-order valence-corrected chi connectivity index (χ4v) is 5.82. The van der Waals surface area contributed by atoms with Gasteiger partial charge < -0.3 is 30.2 Å². The highest BCUT2D eigenvalue weighted by Gasteiger charge is 2.61. The largest absolute Gasteiger partial charge is 0.479 e. The summed E-state index contributed by atoms with van der Waals surface area (Å²) < 4.78 is 4.88. The molecule has 0 radical (unpaired) electrons. The maximum atomic E-state index is 13.5. The van der Waals surface area contributed by atoms with E-state index < -0.39 is 53.5 Å². The van der Waals surface area contributed by atoms with Gasteiger partial charge in [-0.2, -0.15) is 0 Å². The number of hydrogen-bond acceptors (Lipinski definition) is 7. The van der Waals surface area contributed by atoms with E-state index in [-0.39, 0.29) is 32.4 Å². The van der Waals surface area contributed by atoms with Gasteiger partial charge in [0.25, 0.3) is 0 Å². The van der Waals surface area contributed by atoms with E-state index in [0.717, 1.165) is 22.3 Å². The Kier molecular flexibility index (Phi) is 6.28. The van der Waals surface area contributed by atoms with Crippen LogP contribution in [0.3, 0.4) is 0 Å². The molecular weight excluding hydrogens is 516 g/mol. The molecule has 5 atom stereocenters. The lowest BCUT2D eigenvalue weighted by molar-refractivity contribution is -0.145. The number of carbonyl (C=O) groups excluding carboxylic acids is 3. The van der Waals surface area contributed by atoms with Gasteiger partial charge in [0.1, 0.15) is 29.4 Å². The van der Waals surface area contributed by atoms with Crippen molar-refractivity contribution in [3.63, 3.8) is 0 Å². The van der Waals surface area contributed by atoms with Crippen molar-refractivity contribution < 1.29 is 33.9 Å². The topological polar surface area (TPSA) is 147 Å². The highest BCUT2D eigenvalue weighted by atomic mass is 16.6. The van der Waals surface area contributed by atoms with Gasteiger partial charge in [-0.25, -0.2) is 9.59 Å².